The monoisotopic (exact) mass is 249 g/mol. The molecule has 0 aliphatic carbocycles. The first kappa shape index (κ1) is 12.9. The van der Waals surface area contributed by atoms with E-state index in [0.717, 1.165) is 39.3 Å². The quantitative estimate of drug-likeness (QED) is 0.717. The van der Waals surface area contributed by atoms with Gasteiger partial charge in [0.15, 0.2) is 0 Å². The van der Waals surface area contributed by atoms with Crippen LogP contribution in [0.4, 0.5) is 5.69 Å². The van der Waals surface area contributed by atoms with E-state index >= 15 is 0 Å². The zero-order chi connectivity index (χ0) is 12.8. The Morgan fingerprint density at radius 1 is 1.33 bits per heavy atom. The maximum Gasteiger partial charge on any atom is 0.337 e. The highest BCUT2D eigenvalue weighted by Crippen LogP contribution is 2.14. The summed E-state index contributed by atoms with van der Waals surface area (Å²) < 4.78 is 0. The largest absolute Gasteiger partial charge is 0.478 e. The fourth-order valence-corrected chi connectivity index (χ4v) is 2.11. The van der Waals surface area contributed by atoms with Gasteiger partial charge in [0.25, 0.3) is 0 Å². The van der Waals surface area contributed by atoms with Crippen LogP contribution in [0.3, 0.4) is 0 Å². The van der Waals surface area contributed by atoms with Crippen molar-refractivity contribution in [2.45, 2.75) is 0 Å². The number of carboxylic acids is 1. The van der Waals surface area contributed by atoms with E-state index in [-0.39, 0.29) is 0 Å². The molecule has 0 aromatic heterocycles. The molecule has 0 unspecified atom stereocenters. The van der Waals surface area contributed by atoms with E-state index in [0.29, 0.717) is 11.3 Å². The zero-order valence-electron chi connectivity index (χ0n) is 10.4. The van der Waals surface area contributed by atoms with Gasteiger partial charge in [-0.2, -0.15) is 0 Å². The van der Waals surface area contributed by atoms with E-state index < -0.39 is 5.97 Å². The minimum absolute atomic E-state index is 0.331. The Balaban J connectivity index is 1.84. The average molecular weight is 249 g/mol. The highest BCUT2D eigenvalue weighted by atomic mass is 16.4. The van der Waals surface area contributed by atoms with Crippen molar-refractivity contribution >= 4 is 11.7 Å². The van der Waals surface area contributed by atoms with Crippen LogP contribution in [0.25, 0.3) is 0 Å². The molecule has 18 heavy (non-hydrogen) atoms. The average Bonchev–Trinajstić information content (AvgIpc) is 2.40. The molecule has 5 heteroatoms. The number of benzene rings is 1. The van der Waals surface area contributed by atoms with Crippen molar-refractivity contribution in [1.82, 2.24) is 10.2 Å². The van der Waals surface area contributed by atoms with Crippen LogP contribution >= 0.6 is 0 Å². The molecule has 98 valence electrons. The van der Waals surface area contributed by atoms with E-state index in [1.165, 1.54) is 0 Å². The second kappa shape index (κ2) is 6.37. The van der Waals surface area contributed by atoms with E-state index in [2.05, 4.69) is 15.5 Å². The topological polar surface area (TPSA) is 64.6 Å². The van der Waals surface area contributed by atoms with Gasteiger partial charge in [0.05, 0.1) is 5.56 Å². The minimum atomic E-state index is -0.889. The summed E-state index contributed by atoms with van der Waals surface area (Å²) in [6.07, 6.45) is 0. The molecule has 0 spiro atoms. The molecule has 0 saturated carbocycles. The van der Waals surface area contributed by atoms with Gasteiger partial charge in [-0.1, -0.05) is 12.1 Å². The first-order valence-corrected chi connectivity index (χ1v) is 6.26. The Hall–Kier alpha value is -1.59. The van der Waals surface area contributed by atoms with Gasteiger partial charge in [0.2, 0.25) is 0 Å². The van der Waals surface area contributed by atoms with Gasteiger partial charge in [0.1, 0.15) is 0 Å². The number of nitrogens with one attached hydrogen (secondary N) is 2. The van der Waals surface area contributed by atoms with E-state index in [9.17, 15) is 4.79 Å². The van der Waals surface area contributed by atoms with Gasteiger partial charge < -0.3 is 15.7 Å². The van der Waals surface area contributed by atoms with Gasteiger partial charge in [-0.15, -0.1) is 0 Å². The predicted octanol–water partition coefficient (Wildman–Crippen LogP) is 0.702. The number of hydrogen-bond acceptors (Lipinski definition) is 4. The minimum Gasteiger partial charge on any atom is -0.478 e. The number of aromatic carboxylic acids is 1. The second-order valence-electron chi connectivity index (χ2n) is 4.37. The van der Waals surface area contributed by atoms with Gasteiger partial charge in [-0.3, -0.25) is 4.90 Å². The molecule has 1 saturated heterocycles. The zero-order valence-corrected chi connectivity index (χ0v) is 10.4. The summed E-state index contributed by atoms with van der Waals surface area (Å²) >= 11 is 0. The Kier molecular flexibility index (Phi) is 4.55. The summed E-state index contributed by atoms with van der Waals surface area (Å²) in [5, 5.41) is 15.6. The molecular formula is C13H19N3O2. The van der Waals surface area contributed by atoms with Crippen molar-refractivity contribution in [2.24, 2.45) is 0 Å². The van der Waals surface area contributed by atoms with E-state index in [1.807, 2.05) is 6.07 Å². The summed E-state index contributed by atoms with van der Waals surface area (Å²) in [7, 11) is 0. The molecule has 1 fully saturated rings. The number of piperazine rings is 1. The van der Waals surface area contributed by atoms with Crippen molar-refractivity contribution in [3.63, 3.8) is 0 Å². The fourth-order valence-electron chi connectivity index (χ4n) is 2.11. The molecule has 0 bridgehead atoms. The lowest BCUT2D eigenvalue weighted by molar-refractivity contribution is 0.0698. The third-order valence-corrected chi connectivity index (χ3v) is 3.11. The van der Waals surface area contributed by atoms with Gasteiger partial charge >= 0.3 is 5.97 Å². The second-order valence-corrected chi connectivity index (χ2v) is 4.37. The number of rotatable bonds is 5. The standard InChI is InChI=1S/C13H19N3O2/c17-13(18)11-3-1-2-4-12(11)15-7-10-16-8-5-14-6-9-16/h1-4,14-15H,5-10H2,(H,17,18). The third kappa shape index (κ3) is 3.45. The summed E-state index contributed by atoms with van der Waals surface area (Å²) in [5.74, 6) is -0.889. The summed E-state index contributed by atoms with van der Waals surface area (Å²) in [6.45, 7) is 5.89. The molecule has 0 amide bonds. The molecule has 1 aromatic carbocycles. The van der Waals surface area contributed by atoms with Crippen LogP contribution in [0.2, 0.25) is 0 Å². The molecule has 0 radical (unpaired) electrons. The van der Waals surface area contributed by atoms with E-state index in [4.69, 9.17) is 5.11 Å². The number of hydrogen-bond donors (Lipinski definition) is 3. The molecule has 1 aromatic rings. The first-order chi connectivity index (χ1) is 8.77. The van der Waals surface area contributed by atoms with Gasteiger partial charge in [0, 0.05) is 45.0 Å². The fraction of sp³-hybridized carbons (Fsp3) is 0.462. The Morgan fingerprint density at radius 3 is 2.78 bits per heavy atom. The van der Waals surface area contributed by atoms with Crippen LogP contribution in [0, 0.1) is 0 Å². The summed E-state index contributed by atoms with van der Waals surface area (Å²) in [6, 6.07) is 7.02. The van der Waals surface area contributed by atoms with E-state index in [1.54, 1.807) is 18.2 Å². The number of carboxylic acid groups (broad SMARTS) is 1. The predicted molar refractivity (Wildman–Crippen MR) is 71.2 cm³/mol. The molecular weight excluding hydrogens is 230 g/mol. The van der Waals surface area contributed by atoms with Gasteiger partial charge in [-0.05, 0) is 12.1 Å². The Labute approximate surface area is 107 Å². The lowest BCUT2D eigenvalue weighted by Crippen LogP contribution is -2.45. The number of para-hydroxylation sites is 1. The van der Waals surface area contributed by atoms with Crippen LogP contribution in [0.5, 0.6) is 0 Å². The van der Waals surface area contributed by atoms with Crippen molar-refractivity contribution in [2.75, 3.05) is 44.6 Å². The molecule has 2 rings (SSSR count). The maximum absolute atomic E-state index is 11.0. The highest BCUT2D eigenvalue weighted by molar-refractivity contribution is 5.94. The Bertz CT molecular complexity index is 403. The number of carbonyl (C=O) groups is 1. The molecule has 1 aliphatic heterocycles. The van der Waals surface area contributed by atoms with Crippen molar-refractivity contribution < 1.29 is 9.90 Å². The highest BCUT2D eigenvalue weighted by Gasteiger charge is 2.10. The maximum atomic E-state index is 11.0. The van der Waals surface area contributed by atoms with Crippen LogP contribution in [-0.2, 0) is 0 Å². The lowest BCUT2D eigenvalue weighted by Gasteiger charge is -2.27. The smallest absolute Gasteiger partial charge is 0.337 e. The number of nitrogens with zero attached hydrogens (tertiary/aromatic N) is 1. The van der Waals surface area contributed by atoms with Crippen molar-refractivity contribution in [3.05, 3.63) is 29.8 Å². The van der Waals surface area contributed by atoms with Crippen LogP contribution < -0.4 is 10.6 Å². The SMILES string of the molecule is O=C(O)c1ccccc1NCCN1CCNCC1. The number of anilines is 1. The van der Waals surface area contributed by atoms with Crippen molar-refractivity contribution in [1.29, 1.82) is 0 Å². The normalized spacial score (nSPS) is 16.4. The molecule has 1 aliphatic rings. The Morgan fingerprint density at radius 2 is 2.06 bits per heavy atom. The van der Waals surface area contributed by atoms with Crippen LogP contribution in [0.15, 0.2) is 24.3 Å². The molecule has 1 heterocycles. The molecule has 0 atom stereocenters. The van der Waals surface area contributed by atoms with Crippen molar-refractivity contribution in [3.8, 4) is 0 Å². The summed E-state index contributed by atoms with van der Waals surface area (Å²) in [5.41, 5.74) is 1.03. The van der Waals surface area contributed by atoms with Crippen LogP contribution in [-0.4, -0.2) is 55.2 Å². The summed E-state index contributed by atoms with van der Waals surface area (Å²) in [4.78, 5) is 13.4. The van der Waals surface area contributed by atoms with Gasteiger partial charge in [-0.25, -0.2) is 4.79 Å². The lowest BCUT2D eigenvalue weighted by atomic mass is 10.2. The van der Waals surface area contributed by atoms with Crippen LogP contribution in [0.1, 0.15) is 10.4 Å². The molecule has 3 N–H and O–H groups in total. The molecule has 5 nitrogen and oxygen atoms in total. The first-order valence-electron chi connectivity index (χ1n) is 6.26. The third-order valence-electron chi connectivity index (χ3n) is 3.11.